The number of carbonyl (C=O) groups excluding carboxylic acids is 1. The van der Waals surface area contributed by atoms with Gasteiger partial charge in [-0.2, -0.15) is 13.2 Å². The summed E-state index contributed by atoms with van der Waals surface area (Å²) in [6, 6.07) is 4.74. The van der Waals surface area contributed by atoms with Crippen LogP contribution in [-0.4, -0.2) is 6.29 Å². The van der Waals surface area contributed by atoms with Crippen molar-refractivity contribution in [3.8, 4) is 0 Å². The SMILES string of the molecule is CC.O=CCc1cccc(C(F)(F)F)c1. The fourth-order valence-electron chi connectivity index (χ4n) is 0.971. The van der Waals surface area contributed by atoms with Crippen LogP contribution in [0.15, 0.2) is 24.3 Å². The van der Waals surface area contributed by atoms with E-state index in [4.69, 9.17) is 0 Å². The van der Waals surface area contributed by atoms with Crippen LogP contribution in [0.3, 0.4) is 0 Å². The van der Waals surface area contributed by atoms with Crippen molar-refractivity contribution in [2.75, 3.05) is 0 Å². The zero-order valence-electron chi connectivity index (χ0n) is 8.64. The van der Waals surface area contributed by atoms with Gasteiger partial charge in [-0.15, -0.1) is 0 Å². The average Bonchev–Trinajstić information content (AvgIpc) is 2.21. The topological polar surface area (TPSA) is 17.1 Å². The Morgan fingerprint density at radius 3 is 2.33 bits per heavy atom. The van der Waals surface area contributed by atoms with E-state index in [0.717, 1.165) is 12.1 Å². The summed E-state index contributed by atoms with van der Waals surface area (Å²) in [6.45, 7) is 4.00. The number of hydrogen-bond acceptors (Lipinski definition) is 1. The number of halogens is 3. The molecule has 0 saturated heterocycles. The molecule has 0 radical (unpaired) electrons. The Labute approximate surface area is 86.9 Å². The normalized spacial score (nSPS) is 10.2. The Bertz CT molecular complexity index is 305. The third-order valence-corrected chi connectivity index (χ3v) is 1.57. The number of alkyl halides is 3. The highest BCUT2D eigenvalue weighted by atomic mass is 19.4. The van der Waals surface area contributed by atoms with Crippen LogP contribution >= 0.6 is 0 Å². The summed E-state index contributed by atoms with van der Waals surface area (Å²) in [5, 5.41) is 0. The van der Waals surface area contributed by atoms with Gasteiger partial charge < -0.3 is 4.79 Å². The lowest BCUT2D eigenvalue weighted by Crippen LogP contribution is -2.05. The summed E-state index contributed by atoms with van der Waals surface area (Å²) >= 11 is 0. The molecule has 84 valence electrons. The van der Waals surface area contributed by atoms with Gasteiger partial charge in [-0.25, -0.2) is 0 Å². The van der Waals surface area contributed by atoms with Crippen LogP contribution in [0.4, 0.5) is 13.2 Å². The first-order chi connectivity index (χ1) is 7.04. The average molecular weight is 218 g/mol. The Morgan fingerprint density at radius 1 is 1.27 bits per heavy atom. The summed E-state index contributed by atoms with van der Waals surface area (Å²) in [6.07, 6.45) is -3.74. The molecular formula is C11H13F3O. The Morgan fingerprint density at radius 2 is 1.87 bits per heavy atom. The highest BCUT2D eigenvalue weighted by Gasteiger charge is 2.30. The molecule has 4 heteroatoms. The molecule has 0 aromatic heterocycles. The Hall–Kier alpha value is -1.32. The number of benzene rings is 1. The second-order valence-electron chi connectivity index (χ2n) is 2.57. The minimum absolute atomic E-state index is 0.0178. The molecule has 0 bridgehead atoms. The molecule has 15 heavy (non-hydrogen) atoms. The van der Waals surface area contributed by atoms with Crippen molar-refractivity contribution in [1.29, 1.82) is 0 Å². The van der Waals surface area contributed by atoms with Crippen molar-refractivity contribution in [2.45, 2.75) is 26.4 Å². The lowest BCUT2D eigenvalue weighted by atomic mass is 10.1. The molecule has 0 aliphatic carbocycles. The van der Waals surface area contributed by atoms with Crippen molar-refractivity contribution < 1.29 is 18.0 Å². The van der Waals surface area contributed by atoms with Gasteiger partial charge in [-0.05, 0) is 11.6 Å². The van der Waals surface area contributed by atoms with Gasteiger partial charge in [0.1, 0.15) is 6.29 Å². The fourth-order valence-corrected chi connectivity index (χ4v) is 0.971. The zero-order chi connectivity index (χ0) is 11.9. The summed E-state index contributed by atoms with van der Waals surface area (Å²) in [5.74, 6) is 0. The van der Waals surface area contributed by atoms with E-state index in [0.29, 0.717) is 11.8 Å². The molecule has 1 rings (SSSR count). The Balaban J connectivity index is 0.000000921. The summed E-state index contributed by atoms with van der Waals surface area (Å²) < 4.78 is 36.4. The molecule has 0 N–H and O–H groups in total. The molecule has 1 aromatic rings. The number of hydrogen-bond donors (Lipinski definition) is 0. The molecule has 0 atom stereocenters. The van der Waals surface area contributed by atoms with Crippen LogP contribution in [0.25, 0.3) is 0 Å². The molecule has 0 amide bonds. The van der Waals surface area contributed by atoms with Crippen LogP contribution < -0.4 is 0 Å². The minimum atomic E-state index is -4.33. The number of rotatable bonds is 2. The predicted octanol–water partition coefficient (Wildman–Crippen LogP) is 3.47. The molecule has 0 saturated carbocycles. The van der Waals surface area contributed by atoms with Crippen LogP contribution in [-0.2, 0) is 17.4 Å². The van der Waals surface area contributed by atoms with Crippen molar-refractivity contribution in [3.05, 3.63) is 35.4 Å². The Kier molecular flexibility index (Phi) is 5.67. The molecule has 1 nitrogen and oxygen atoms in total. The number of carbonyl (C=O) groups is 1. The van der Waals surface area contributed by atoms with E-state index in [-0.39, 0.29) is 6.42 Å². The van der Waals surface area contributed by atoms with Crippen LogP contribution in [0.1, 0.15) is 25.0 Å². The summed E-state index contributed by atoms with van der Waals surface area (Å²) in [5.41, 5.74) is -0.336. The second-order valence-corrected chi connectivity index (χ2v) is 2.57. The van der Waals surface area contributed by atoms with Gasteiger partial charge in [-0.1, -0.05) is 32.0 Å². The molecule has 0 aliphatic rings. The highest BCUT2D eigenvalue weighted by Crippen LogP contribution is 2.29. The maximum Gasteiger partial charge on any atom is 0.416 e. The molecule has 1 aromatic carbocycles. The third-order valence-electron chi connectivity index (χ3n) is 1.57. The summed E-state index contributed by atoms with van der Waals surface area (Å²) in [7, 11) is 0. The zero-order valence-corrected chi connectivity index (χ0v) is 8.64. The van der Waals surface area contributed by atoms with E-state index >= 15 is 0 Å². The van der Waals surface area contributed by atoms with Gasteiger partial charge in [0.25, 0.3) is 0 Å². The largest absolute Gasteiger partial charge is 0.416 e. The first-order valence-corrected chi connectivity index (χ1v) is 4.64. The first-order valence-electron chi connectivity index (χ1n) is 4.64. The van der Waals surface area contributed by atoms with Crippen molar-refractivity contribution in [3.63, 3.8) is 0 Å². The standard InChI is InChI=1S/C9H7F3O.C2H6/c10-9(11,12)8-3-1-2-7(6-8)4-5-13;1-2/h1-3,5-6H,4H2;1-2H3. The smallest absolute Gasteiger partial charge is 0.303 e. The van der Waals surface area contributed by atoms with E-state index in [1.807, 2.05) is 13.8 Å². The fraction of sp³-hybridized carbons (Fsp3) is 0.364. The van der Waals surface area contributed by atoms with Gasteiger partial charge in [-0.3, -0.25) is 0 Å². The third kappa shape index (κ3) is 4.63. The van der Waals surface area contributed by atoms with E-state index < -0.39 is 11.7 Å². The molecular weight excluding hydrogens is 205 g/mol. The van der Waals surface area contributed by atoms with E-state index in [1.165, 1.54) is 12.1 Å². The first kappa shape index (κ1) is 13.7. The van der Waals surface area contributed by atoms with Crippen molar-refractivity contribution in [2.24, 2.45) is 0 Å². The van der Waals surface area contributed by atoms with Gasteiger partial charge in [0, 0.05) is 6.42 Å². The number of aldehydes is 1. The quantitative estimate of drug-likeness (QED) is 0.694. The van der Waals surface area contributed by atoms with Crippen LogP contribution in [0.2, 0.25) is 0 Å². The van der Waals surface area contributed by atoms with Crippen LogP contribution in [0.5, 0.6) is 0 Å². The maximum absolute atomic E-state index is 12.1. The minimum Gasteiger partial charge on any atom is -0.303 e. The predicted molar refractivity (Wildman–Crippen MR) is 52.6 cm³/mol. The van der Waals surface area contributed by atoms with Gasteiger partial charge >= 0.3 is 6.18 Å². The second kappa shape index (κ2) is 6.22. The molecule has 0 aliphatic heterocycles. The lowest BCUT2D eigenvalue weighted by molar-refractivity contribution is -0.137. The van der Waals surface area contributed by atoms with Crippen molar-refractivity contribution in [1.82, 2.24) is 0 Å². The van der Waals surface area contributed by atoms with E-state index in [9.17, 15) is 18.0 Å². The van der Waals surface area contributed by atoms with Gasteiger partial charge in [0.15, 0.2) is 0 Å². The van der Waals surface area contributed by atoms with E-state index in [2.05, 4.69) is 0 Å². The molecule has 0 unspecified atom stereocenters. The van der Waals surface area contributed by atoms with Gasteiger partial charge in [0.2, 0.25) is 0 Å². The monoisotopic (exact) mass is 218 g/mol. The van der Waals surface area contributed by atoms with E-state index in [1.54, 1.807) is 0 Å². The summed E-state index contributed by atoms with van der Waals surface area (Å²) in [4.78, 5) is 10.1. The molecule has 0 heterocycles. The molecule has 0 fully saturated rings. The lowest BCUT2D eigenvalue weighted by Gasteiger charge is -2.06. The van der Waals surface area contributed by atoms with Crippen LogP contribution in [0, 0.1) is 0 Å². The molecule has 0 spiro atoms. The van der Waals surface area contributed by atoms with Crippen molar-refractivity contribution >= 4 is 6.29 Å². The maximum atomic E-state index is 12.1. The highest BCUT2D eigenvalue weighted by molar-refractivity contribution is 5.55. The van der Waals surface area contributed by atoms with Gasteiger partial charge in [0.05, 0.1) is 5.56 Å².